The Balaban J connectivity index is 2.97. The van der Waals surface area contributed by atoms with Gasteiger partial charge in [0.1, 0.15) is 0 Å². The van der Waals surface area contributed by atoms with Gasteiger partial charge in [-0.15, -0.1) is 11.3 Å². The van der Waals surface area contributed by atoms with E-state index in [9.17, 15) is 0 Å². The fourth-order valence-corrected chi connectivity index (χ4v) is 4.67. The van der Waals surface area contributed by atoms with Gasteiger partial charge in [0.05, 0.1) is 8.26 Å². The highest BCUT2D eigenvalue weighted by molar-refractivity contribution is 9.14. The third-order valence-corrected chi connectivity index (χ3v) is 7.08. The van der Waals surface area contributed by atoms with Crippen LogP contribution in [0.25, 0.3) is 10.1 Å². The van der Waals surface area contributed by atoms with Crippen molar-refractivity contribution < 1.29 is 0 Å². The van der Waals surface area contributed by atoms with E-state index in [1.54, 1.807) is 11.3 Å². The normalized spacial score (nSPS) is 11.1. The van der Waals surface area contributed by atoms with Gasteiger partial charge in [0.2, 0.25) is 0 Å². The molecule has 0 bridgehead atoms. The molecule has 0 spiro atoms. The van der Waals surface area contributed by atoms with E-state index < -0.39 is 0 Å². The Morgan fingerprint density at radius 1 is 0.923 bits per heavy atom. The molecule has 0 saturated heterocycles. The molecule has 0 aliphatic heterocycles. The molecule has 1 aromatic heterocycles. The highest BCUT2D eigenvalue weighted by atomic mass is 79.9. The molecule has 1 heterocycles. The van der Waals surface area contributed by atoms with E-state index in [2.05, 4.69) is 69.8 Å². The Morgan fingerprint density at radius 2 is 1.62 bits per heavy atom. The maximum atomic E-state index is 3.55. The van der Waals surface area contributed by atoms with Crippen molar-refractivity contribution in [3.63, 3.8) is 0 Å². The van der Waals surface area contributed by atoms with Gasteiger partial charge < -0.3 is 0 Å². The van der Waals surface area contributed by atoms with Crippen LogP contribution in [0.4, 0.5) is 0 Å². The third-order valence-electron chi connectivity index (χ3n) is 1.65. The number of halogens is 4. The molecular weight excluding hydrogens is 448 g/mol. The summed E-state index contributed by atoms with van der Waals surface area (Å²) in [5.74, 6) is 0. The fraction of sp³-hybridized carbons (Fsp3) is 0. The largest absolute Gasteiger partial charge is 0.127 e. The number of benzene rings is 1. The third kappa shape index (κ3) is 1.78. The van der Waals surface area contributed by atoms with Gasteiger partial charge in [-0.25, -0.2) is 0 Å². The van der Waals surface area contributed by atoms with Crippen molar-refractivity contribution in [3.05, 3.63) is 29.3 Å². The second-order valence-corrected chi connectivity index (χ2v) is 7.23. The SMILES string of the molecule is Brc1ccc2sc(Br)c(Br)c2c1Br. The Hall–Kier alpha value is 1.10. The smallest absolute Gasteiger partial charge is 0.0853 e. The summed E-state index contributed by atoms with van der Waals surface area (Å²) in [5.41, 5.74) is 0. The summed E-state index contributed by atoms with van der Waals surface area (Å²) in [6, 6.07) is 4.14. The fourth-order valence-electron chi connectivity index (χ4n) is 1.06. The van der Waals surface area contributed by atoms with Crippen LogP contribution in [0.5, 0.6) is 0 Å². The molecule has 0 aliphatic carbocycles. The molecule has 2 aromatic rings. The summed E-state index contributed by atoms with van der Waals surface area (Å²) >= 11 is 15.8. The molecule has 0 N–H and O–H groups in total. The van der Waals surface area contributed by atoms with Crippen LogP contribution in [0.1, 0.15) is 0 Å². The van der Waals surface area contributed by atoms with Crippen molar-refractivity contribution in [2.45, 2.75) is 0 Å². The van der Waals surface area contributed by atoms with E-state index in [0.717, 1.165) is 17.2 Å². The van der Waals surface area contributed by atoms with Crippen molar-refractivity contribution in [1.29, 1.82) is 0 Å². The minimum absolute atomic E-state index is 1.08. The number of hydrogen-bond acceptors (Lipinski definition) is 1. The Labute approximate surface area is 113 Å². The first-order chi connectivity index (χ1) is 6.11. The minimum atomic E-state index is 1.08. The lowest BCUT2D eigenvalue weighted by Crippen LogP contribution is -1.71. The lowest BCUT2D eigenvalue weighted by molar-refractivity contribution is 1.68. The van der Waals surface area contributed by atoms with Gasteiger partial charge in [-0.3, -0.25) is 0 Å². The van der Waals surface area contributed by atoms with E-state index in [4.69, 9.17) is 0 Å². The summed E-state index contributed by atoms with van der Waals surface area (Å²) in [6.45, 7) is 0. The lowest BCUT2D eigenvalue weighted by Gasteiger charge is -1.97. The van der Waals surface area contributed by atoms with Crippen molar-refractivity contribution in [1.82, 2.24) is 0 Å². The number of fused-ring (bicyclic) bond motifs is 1. The van der Waals surface area contributed by atoms with Gasteiger partial charge in [0.15, 0.2) is 0 Å². The van der Waals surface area contributed by atoms with Crippen LogP contribution in [0.3, 0.4) is 0 Å². The van der Waals surface area contributed by atoms with Crippen molar-refractivity contribution in [2.24, 2.45) is 0 Å². The molecule has 5 heteroatoms. The molecule has 0 aliphatic rings. The van der Waals surface area contributed by atoms with Crippen LogP contribution < -0.4 is 0 Å². The molecule has 0 atom stereocenters. The predicted octanol–water partition coefficient (Wildman–Crippen LogP) is 5.95. The standard InChI is InChI=1S/C8H2Br4S/c9-3-1-2-4-5(6(3)10)7(11)8(12)13-4/h1-2H. The average molecular weight is 450 g/mol. The van der Waals surface area contributed by atoms with E-state index in [0.29, 0.717) is 0 Å². The van der Waals surface area contributed by atoms with Crippen LogP contribution in [-0.2, 0) is 0 Å². The maximum absolute atomic E-state index is 3.55. The van der Waals surface area contributed by atoms with Gasteiger partial charge in [-0.1, -0.05) is 0 Å². The zero-order valence-electron chi connectivity index (χ0n) is 6.07. The van der Waals surface area contributed by atoms with E-state index in [-0.39, 0.29) is 0 Å². The second kappa shape index (κ2) is 3.93. The van der Waals surface area contributed by atoms with Gasteiger partial charge in [0, 0.05) is 19.0 Å². The summed E-state index contributed by atoms with van der Waals surface area (Å²) in [7, 11) is 0. The van der Waals surface area contributed by atoms with Gasteiger partial charge in [-0.05, 0) is 75.9 Å². The highest BCUT2D eigenvalue weighted by Crippen LogP contribution is 2.44. The van der Waals surface area contributed by atoms with Gasteiger partial charge >= 0.3 is 0 Å². The van der Waals surface area contributed by atoms with Crippen LogP contribution in [0, 0.1) is 0 Å². The van der Waals surface area contributed by atoms with Gasteiger partial charge in [0.25, 0.3) is 0 Å². The number of rotatable bonds is 0. The molecule has 0 radical (unpaired) electrons. The quantitative estimate of drug-likeness (QED) is 0.466. The van der Waals surface area contributed by atoms with Crippen LogP contribution in [0.15, 0.2) is 29.3 Å². The Kier molecular flexibility index (Phi) is 3.21. The van der Waals surface area contributed by atoms with Crippen molar-refractivity contribution in [2.75, 3.05) is 0 Å². The monoisotopic (exact) mass is 446 g/mol. The first kappa shape index (κ1) is 10.6. The molecule has 0 saturated carbocycles. The second-order valence-electron chi connectivity index (χ2n) is 2.42. The first-order valence-corrected chi connectivity index (χ1v) is 7.31. The molecule has 0 amide bonds. The number of hydrogen-bond donors (Lipinski definition) is 0. The average Bonchev–Trinajstić information content (AvgIpc) is 2.37. The zero-order chi connectivity index (χ0) is 9.59. The molecule has 2 rings (SSSR count). The van der Waals surface area contributed by atoms with Crippen molar-refractivity contribution >= 4 is 85.1 Å². The minimum Gasteiger partial charge on any atom is -0.127 e. The van der Waals surface area contributed by atoms with E-state index in [1.165, 1.54) is 10.1 Å². The first-order valence-electron chi connectivity index (χ1n) is 3.32. The predicted molar refractivity (Wildman–Crippen MR) is 72.6 cm³/mol. The van der Waals surface area contributed by atoms with Gasteiger partial charge in [-0.2, -0.15) is 0 Å². The Bertz CT molecular complexity index is 474. The summed E-state index contributed by atoms with van der Waals surface area (Å²) in [5, 5.41) is 1.21. The van der Waals surface area contributed by atoms with E-state index >= 15 is 0 Å². The van der Waals surface area contributed by atoms with Crippen LogP contribution in [0.2, 0.25) is 0 Å². The van der Waals surface area contributed by atoms with Crippen molar-refractivity contribution in [3.8, 4) is 0 Å². The molecule has 13 heavy (non-hydrogen) atoms. The summed E-state index contributed by atoms with van der Waals surface area (Å²) in [6.07, 6.45) is 0. The maximum Gasteiger partial charge on any atom is 0.0853 e. The molecule has 0 nitrogen and oxygen atoms in total. The molecule has 1 aromatic carbocycles. The van der Waals surface area contributed by atoms with Crippen LogP contribution in [-0.4, -0.2) is 0 Å². The number of thiophene rings is 1. The Morgan fingerprint density at radius 3 is 2.31 bits per heavy atom. The summed E-state index contributed by atoms with van der Waals surface area (Å²) < 4.78 is 5.67. The molecular formula is C8H2Br4S. The summed E-state index contributed by atoms with van der Waals surface area (Å²) in [4.78, 5) is 0. The lowest BCUT2D eigenvalue weighted by atomic mass is 10.3. The molecule has 68 valence electrons. The zero-order valence-corrected chi connectivity index (χ0v) is 13.2. The topological polar surface area (TPSA) is 0 Å². The molecule has 0 fully saturated rings. The molecule has 0 unspecified atom stereocenters. The van der Waals surface area contributed by atoms with E-state index in [1.807, 2.05) is 6.07 Å². The van der Waals surface area contributed by atoms with Crippen LogP contribution >= 0.6 is 75.1 Å². The highest BCUT2D eigenvalue weighted by Gasteiger charge is 2.12.